The van der Waals surface area contributed by atoms with Gasteiger partial charge in [0, 0.05) is 30.5 Å². The standard InChI is InChI=1S/C16H22N4/c1-4-20(10-13-7-5-6-8-14(13)17)16-9-15(12(2)3)18-11-19-16/h5-9,11-12H,4,10,17H2,1-3H3. The van der Waals surface area contributed by atoms with Gasteiger partial charge in [-0.05, 0) is 24.5 Å². The Morgan fingerprint density at radius 1 is 1.20 bits per heavy atom. The van der Waals surface area contributed by atoms with Crippen LogP contribution in [0.25, 0.3) is 0 Å². The van der Waals surface area contributed by atoms with Crippen LogP contribution in [0.3, 0.4) is 0 Å². The third-order valence-electron chi connectivity index (χ3n) is 3.39. The van der Waals surface area contributed by atoms with Gasteiger partial charge in [0.05, 0.1) is 0 Å². The zero-order valence-corrected chi connectivity index (χ0v) is 12.4. The zero-order chi connectivity index (χ0) is 14.5. The lowest BCUT2D eigenvalue weighted by atomic mass is 10.1. The van der Waals surface area contributed by atoms with Gasteiger partial charge in [-0.3, -0.25) is 0 Å². The minimum Gasteiger partial charge on any atom is -0.398 e. The lowest BCUT2D eigenvalue weighted by Gasteiger charge is -2.23. The smallest absolute Gasteiger partial charge is 0.132 e. The van der Waals surface area contributed by atoms with E-state index < -0.39 is 0 Å². The van der Waals surface area contributed by atoms with E-state index >= 15 is 0 Å². The molecule has 1 heterocycles. The van der Waals surface area contributed by atoms with Crippen molar-refractivity contribution in [3.05, 3.63) is 47.9 Å². The Hall–Kier alpha value is -2.10. The van der Waals surface area contributed by atoms with Crippen molar-refractivity contribution in [3.63, 3.8) is 0 Å². The van der Waals surface area contributed by atoms with Crippen LogP contribution in [0.15, 0.2) is 36.7 Å². The van der Waals surface area contributed by atoms with E-state index in [4.69, 9.17) is 5.73 Å². The Morgan fingerprint density at radius 2 is 1.95 bits per heavy atom. The fourth-order valence-electron chi connectivity index (χ4n) is 2.09. The molecule has 0 spiro atoms. The van der Waals surface area contributed by atoms with Crippen molar-refractivity contribution in [1.29, 1.82) is 0 Å². The van der Waals surface area contributed by atoms with Crippen molar-refractivity contribution in [2.75, 3.05) is 17.2 Å². The second-order valence-corrected chi connectivity index (χ2v) is 5.17. The fraction of sp³-hybridized carbons (Fsp3) is 0.375. The second-order valence-electron chi connectivity index (χ2n) is 5.17. The Labute approximate surface area is 120 Å². The number of para-hydroxylation sites is 1. The van der Waals surface area contributed by atoms with E-state index in [0.29, 0.717) is 5.92 Å². The molecule has 4 heteroatoms. The van der Waals surface area contributed by atoms with Crippen molar-refractivity contribution < 1.29 is 0 Å². The van der Waals surface area contributed by atoms with Gasteiger partial charge in [-0.25, -0.2) is 9.97 Å². The summed E-state index contributed by atoms with van der Waals surface area (Å²) in [5, 5.41) is 0. The van der Waals surface area contributed by atoms with Gasteiger partial charge in [-0.1, -0.05) is 32.0 Å². The molecule has 0 bridgehead atoms. The molecule has 2 N–H and O–H groups in total. The normalized spacial score (nSPS) is 10.8. The van der Waals surface area contributed by atoms with Gasteiger partial charge >= 0.3 is 0 Å². The van der Waals surface area contributed by atoms with Gasteiger partial charge in [0.15, 0.2) is 0 Å². The molecule has 0 aliphatic rings. The Balaban J connectivity index is 2.24. The molecule has 0 saturated carbocycles. The van der Waals surface area contributed by atoms with Crippen LogP contribution in [0.4, 0.5) is 11.5 Å². The molecule has 0 fully saturated rings. The molecule has 20 heavy (non-hydrogen) atoms. The number of benzene rings is 1. The van der Waals surface area contributed by atoms with Crippen LogP contribution in [-0.2, 0) is 6.54 Å². The molecule has 1 aromatic carbocycles. The average Bonchev–Trinajstić information content (AvgIpc) is 2.46. The summed E-state index contributed by atoms with van der Waals surface area (Å²) in [5.41, 5.74) is 9.03. The number of nitrogens with zero attached hydrogens (tertiary/aromatic N) is 3. The minimum absolute atomic E-state index is 0.400. The highest BCUT2D eigenvalue weighted by Crippen LogP contribution is 2.20. The van der Waals surface area contributed by atoms with E-state index in [1.165, 1.54) is 0 Å². The Bertz CT molecular complexity index is 566. The number of rotatable bonds is 5. The van der Waals surface area contributed by atoms with Gasteiger partial charge < -0.3 is 10.6 Å². The maximum absolute atomic E-state index is 6.02. The molecule has 2 aromatic rings. The molecule has 0 aliphatic heterocycles. The molecular formula is C16H22N4. The predicted octanol–water partition coefficient (Wildman–Crippen LogP) is 3.21. The highest BCUT2D eigenvalue weighted by Gasteiger charge is 2.10. The highest BCUT2D eigenvalue weighted by atomic mass is 15.2. The SMILES string of the molecule is CCN(Cc1ccccc1N)c1cc(C(C)C)ncn1. The van der Waals surface area contributed by atoms with Crippen LogP contribution in [0, 0.1) is 0 Å². The molecule has 1 aromatic heterocycles. The quantitative estimate of drug-likeness (QED) is 0.848. The van der Waals surface area contributed by atoms with Crippen LogP contribution in [-0.4, -0.2) is 16.5 Å². The monoisotopic (exact) mass is 270 g/mol. The van der Waals surface area contributed by atoms with Crippen LogP contribution in [0.2, 0.25) is 0 Å². The van der Waals surface area contributed by atoms with Gasteiger partial charge in [0.25, 0.3) is 0 Å². The van der Waals surface area contributed by atoms with E-state index in [1.807, 2.05) is 18.2 Å². The molecule has 0 aliphatic carbocycles. The molecule has 0 atom stereocenters. The second kappa shape index (κ2) is 6.37. The number of aromatic nitrogens is 2. The maximum atomic E-state index is 6.02. The first kappa shape index (κ1) is 14.3. The molecule has 0 radical (unpaired) electrons. The summed E-state index contributed by atoms with van der Waals surface area (Å²) < 4.78 is 0. The number of nitrogens with two attached hydrogens (primary N) is 1. The van der Waals surface area contributed by atoms with Gasteiger partial charge in [0.1, 0.15) is 12.1 Å². The van der Waals surface area contributed by atoms with E-state index in [9.17, 15) is 0 Å². The van der Waals surface area contributed by atoms with Crippen molar-refractivity contribution in [3.8, 4) is 0 Å². The maximum Gasteiger partial charge on any atom is 0.132 e. The summed E-state index contributed by atoms with van der Waals surface area (Å²) >= 11 is 0. The Kier molecular flexibility index (Phi) is 4.56. The summed E-state index contributed by atoms with van der Waals surface area (Å²) in [6.07, 6.45) is 1.64. The highest BCUT2D eigenvalue weighted by molar-refractivity contribution is 5.49. The van der Waals surface area contributed by atoms with Crippen LogP contribution in [0.5, 0.6) is 0 Å². The van der Waals surface area contributed by atoms with E-state index in [1.54, 1.807) is 6.33 Å². The molecule has 0 unspecified atom stereocenters. The molecule has 4 nitrogen and oxygen atoms in total. The number of nitrogen functional groups attached to an aromatic ring is 1. The summed E-state index contributed by atoms with van der Waals surface area (Å²) in [4.78, 5) is 10.9. The van der Waals surface area contributed by atoms with Crippen molar-refractivity contribution in [2.45, 2.75) is 33.2 Å². The predicted molar refractivity (Wildman–Crippen MR) is 83.7 cm³/mol. The van der Waals surface area contributed by atoms with E-state index in [0.717, 1.165) is 35.9 Å². The minimum atomic E-state index is 0.400. The lowest BCUT2D eigenvalue weighted by Crippen LogP contribution is -2.24. The molecule has 0 saturated heterocycles. The molecule has 0 amide bonds. The summed E-state index contributed by atoms with van der Waals surface area (Å²) in [5.74, 6) is 1.35. The number of hydrogen-bond donors (Lipinski definition) is 1. The number of anilines is 2. The third kappa shape index (κ3) is 3.26. The largest absolute Gasteiger partial charge is 0.398 e. The molecular weight excluding hydrogens is 248 g/mol. The van der Waals surface area contributed by atoms with Crippen molar-refractivity contribution in [1.82, 2.24) is 9.97 Å². The zero-order valence-electron chi connectivity index (χ0n) is 12.4. The first-order chi connectivity index (χ1) is 9.61. The topological polar surface area (TPSA) is 55.0 Å². The lowest BCUT2D eigenvalue weighted by molar-refractivity contribution is 0.781. The van der Waals surface area contributed by atoms with Crippen molar-refractivity contribution in [2.24, 2.45) is 0 Å². The van der Waals surface area contributed by atoms with Crippen LogP contribution in [0.1, 0.15) is 37.9 Å². The third-order valence-corrected chi connectivity index (χ3v) is 3.39. The van der Waals surface area contributed by atoms with Gasteiger partial charge in [0.2, 0.25) is 0 Å². The van der Waals surface area contributed by atoms with Crippen LogP contribution >= 0.6 is 0 Å². The fourth-order valence-corrected chi connectivity index (χ4v) is 2.09. The first-order valence-electron chi connectivity index (χ1n) is 7.02. The van der Waals surface area contributed by atoms with E-state index in [2.05, 4.69) is 47.8 Å². The summed E-state index contributed by atoms with van der Waals surface area (Å²) in [6.45, 7) is 8.03. The van der Waals surface area contributed by atoms with Crippen LogP contribution < -0.4 is 10.6 Å². The summed E-state index contributed by atoms with van der Waals surface area (Å²) in [7, 11) is 0. The first-order valence-corrected chi connectivity index (χ1v) is 7.02. The molecule has 2 rings (SSSR count). The molecule has 106 valence electrons. The summed E-state index contributed by atoms with van der Waals surface area (Å²) in [6, 6.07) is 10.0. The Morgan fingerprint density at radius 3 is 2.60 bits per heavy atom. The van der Waals surface area contributed by atoms with Gasteiger partial charge in [-0.2, -0.15) is 0 Å². The average molecular weight is 270 g/mol. The number of hydrogen-bond acceptors (Lipinski definition) is 4. The van der Waals surface area contributed by atoms with Gasteiger partial charge in [-0.15, -0.1) is 0 Å². The van der Waals surface area contributed by atoms with E-state index in [-0.39, 0.29) is 0 Å². The van der Waals surface area contributed by atoms with Crippen molar-refractivity contribution >= 4 is 11.5 Å².